The molecule has 1 fully saturated rings. The fraction of sp³-hybridized carbons (Fsp3) is 0.400. The quantitative estimate of drug-likeness (QED) is 0.755. The molecule has 0 aromatic carbocycles. The normalized spacial score (nSPS) is 24.0. The van der Waals surface area contributed by atoms with E-state index in [1.165, 1.54) is 24.3 Å². The van der Waals surface area contributed by atoms with Crippen LogP contribution in [0, 0.1) is 5.41 Å². The summed E-state index contributed by atoms with van der Waals surface area (Å²) in [6.45, 7) is 10.3. The van der Waals surface area contributed by atoms with Crippen molar-refractivity contribution < 1.29 is 23.4 Å². The maximum absolute atomic E-state index is 11.5. The van der Waals surface area contributed by atoms with Crippen LogP contribution in [-0.4, -0.2) is 36.8 Å². The van der Waals surface area contributed by atoms with Gasteiger partial charge in [0.25, 0.3) is 0 Å². The highest BCUT2D eigenvalue weighted by atomic mass is 32.2. The number of nitrogens with zero attached hydrogens (tertiary/aromatic N) is 1. The SMILES string of the molecule is C=C/C=C1/O[C@@H](CC(C)(C)C(=O)O)CN(S(=O)[O-])/C1=C/C=C. The average Bonchev–Trinajstić information content (AvgIpc) is 2.40. The lowest BCUT2D eigenvalue weighted by molar-refractivity contribution is -0.149. The molecule has 6 nitrogen and oxygen atoms in total. The fourth-order valence-corrected chi connectivity index (χ4v) is 2.70. The van der Waals surface area contributed by atoms with E-state index in [9.17, 15) is 18.7 Å². The van der Waals surface area contributed by atoms with Gasteiger partial charge in [-0.3, -0.25) is 13.3 Å². The van der Waals surface area contributed by atoms with Gasteiger partial charge in [0.2, 0.25) is 0 Å². The smallest absolute Gasteiger partial charge is 0.309 e. The highest BCUT2D eigenvalue weighted by Crippen LogP contribution is 2.32. The van der Waals surface area contributed by atoms with E-state index in [0.29, 0.717) is 11.5 Å². The molecule has 0 saturated carbocycles. The first kappa shape index (κ1) is 18.2. The second-order valence-corrected chi connectivity index (χ2v) is 6.34. The van der Waals surface area contributed by atoms with Crippen molar-refractivity contribution >= 4 is 17.2 Å². The summed E-state index contributed by atoms with van der Waals surface area (Å²) in [4.78, 5) is 11.2. The molecule has 0 spiro atoms. The van der Waals surface area contributed by atoms with Crippen LogP contribution in [0.4, 0.5) is 0 Å². The lowest BCUT2D eigenvalue weighted by Crippen LogP contribution is -2.43. The number of aliphatic carboxylic acids is 1. The standard InChI is InChI=1S/C15H21NO5S/c1-5-7-12-13(8-6-2)21-11(10-16(12)22(19)20)9-15(3,4)14(17)18/h5-8,11H,1-2,9-10H2,3-4H3,(H,17,18)(H,19,20)/p-1/b12-7+,13-8+/t11-/m0/s1. The lowest BCUT2D eigenvalue weighted by atomic mass is 9.86. The number of carboxylic acid groups (broad SMARTS) is 1. The Morgan fingerprint density at radius 2 is 2.09 bits per heavy atom. The number of carbonyl (C=O) groups is 1. The monoisotopic (exact) mass is 326 g/mol. The molecule has 1 aliphatic heterocycles. The van der Waals surface area contributed by atoms with Crippen LogP contribution in [0.15, 0.2) is 48.9 Å². The van der Waals surface area contributed by atoms with Crippen LogP contribution >= 0.6 is 0 Å². The third kappa shape index (κ3) is 4.32. The molecular weight excluding hydrogens is 306 g/mol. The number of allylic oxidation sites excluding steroid dienone is 4. The molecule has 0 aromatic rings. The van der Waals surface area contributed by atoms with Gasteiger partial charge in [-0.05, 0) is 26.0 Å². The van der Waals surface area contributed by atoms with Gasteiger partial charge in [0.05, 0.1) is 17.7 Å². The topological polar surface area (TPSA) is 89.9 Å². The van der Waals surface area contributed by atoms with Crippen molar-refractivity contribution in [2.24, 2.45) is 5.41 Å². The number of hydrogen-bond donors (Lipinski definition) is 1. The third-order valence-electron chi connectivity index (χ3n) is 3.23. The van der Waals surface area contributed by atoms with Gasteiger partial charge in [-0.1, -0.05) is 25.3 Å². The summed E-state index contributed by atoms with van der Waals surface area (Å²) in [5, 5.41) is 9.21. The van der Waals surface area contributed by atoms with E-state index in [2.05, 4.69) is 13.2 Å². The van der Waals surface area contributed by atoms with Crippen LogP contribution in [0.25, 0.3) is 0 Å². The molecular formula is C15H20NO5S-. The highest BCUT2D eigenvalue weighted by molar-refractivity contribution is 7.76. The van der Waals surface area contributed by atoms with Crippen molar-refractivity contribution in [1.29, 1.82) is 0 Å². The van der Waals surface area contributed by atoms with E-state index in [-0.39, 0.29) is 13.0 Å². The number of hydrogen-bond acceptors (Lipinski definition) is 4. The maximum atomic E-state index is 11.5. The lowest BCUT2D eigenvalue weighted by Gasteiger charge is -2.40. The van der Waals surface area contributed by atoms with Gasteiger partial charge in [-0.25, -0.2) is 0 Å². The van der Waals surface area contributed by atoms with Gasteiger partial charge >= 0.3 is 5.97 Å². The molecule has 0 amide bonds. The van der Waals surface area contributed by atoms with Gasteiger partial charge in [-0.2, -0.15) is 0 Å². The molecule has 1 unspecified atom stereocenters. The molecule has 1 rings (SSSR count). The Labute approximate surface area is 132 Å². The zero-order valence-corrected chi connectivity index (χ0v) is 13.5. The number of rotatable bonds is 6. The van der Waals surface area contributed by atoms with E-state index >= 15 is 0 Å². The molecule has 1 saturated heterocycles. The van der Waals surface area contributed by atoms with E-state index in [1.54, 1.807) is 13.8 Å². The molecule has 0 bridgehead atoms. The first-order valence-corrected chi connectivity index (χ1v) is 7.69. The Morgan fingerprint density at radius 3 is 2.55 bits per heavy atom. The minimum atomic E-state index is -2.50. The van der Waals surface area contributed by atoms with Crippen molar-refractivity contribution in [3.05, 3.63) is 48.9 Å². The Bertz CT molecular complexity index is 550. The van der Waals surface area contributed by atoms with Crippen molar-refractivity contribution in [1.82, 2.24) is 4.31 Å². The molecule has 2 atom stereocenters. The number of morpholine rings is 1. The van der Waals surface area contributed by atoms with Crippen molar-refractivity contribution in [2.75, 3.05) is 6.54 Å². The Balaban J connectivity index is 3.13. The molecule has 7 heteroatoms. The predicted molar refractivity (Wildman–Crippen MR) is 83.1 cm³/mol. The van der Waals surface area contributed by atoms with Crippen LogP contribution in [0.3, 0.4) is 0 Å². The average molecular weight is 326 g/mol. The van der Waals surface area contributed by atoms with Gasteiger partial charge in [0.1, 0.15) is 11.9 Å². The van der Waals surface area contributed by atoms with Crippen LogP contribution in [-0.2, 0) is 20.8 Å². The van der Waals surface area contributed by atoms with Crippen LogP contribution < -0.4 is 0 Å². The Morgan fingerprint density at radius 1 is 1.50 bits per heavy atom. The minimum Gasteiger partial charge on any atom is -0.755 e. The van der Waals surface area contributed by atoms with Gasteiger partial charge in [0, 0.05) is 17.7 Å². The summed E-state index contributed by atoms with van der Waals surface area (Å²) in [6, 6.07) is 0. The van der Waals surface area contributed by atoms with Crippen molar-refractivity contribution in [3.8, 4) is 0 Å². The van der Waals surface area contributed by atoms with E-state index in [0.717, 1.165) is 4.31 Å². The summed E-state index contributed by atoms with van der Waals surface area (Å²) < 4.78 is 29.8. The van der Waals surface area contributed by atoms with Crippen molar-refractivity contribution in [3.63, 3.8) is 0 Å². The van der Waals surface area contributed by atoms with Gasteiger partial charge in [-0.15, -0.1) is 0 Å². The Hall–Kier alpha value is -1.86. The summed E-state index contributed by atoms with van der Waals surface area (Å²) in [5.41, 5.74) is -0.688. The van der Waals surface area contributed by atoms with Gasteiger partial charge < -0.3 is 14.4 Å². The van der Waals surface area contributed by atoms with E-state index < -0.39 is 28.8 Å². The Kier molecular flexibility index (Phi) is 6.13. The van der Waals surface area contributed by atoms with Crippen molar-refractivity contribution in [2.45, 2.75) is 26.4 Å². The highest BCUT2D eigenvalue weighted by Gasteiger charge is 2.36. The molecule has 1 N–H and O–H groups in total. The summed E-state index contributed by atoms with van der Waals surface area (Å²) in [6.07, 6.45) is 5.59. The zero-order chi connectivity index (χ0) is 16.9. The van der Waals surface area contributed by atoms with E-state index in [4.69, 9.17) is 4.74 Å². The molecule has 1 heterocycles. The first-order valence-electron chi connectivity index (χ1n) is 6.65. The first-order chi connectivity index (χ1) is 10.2. The zero-order valence-electron chi connectivity index (χ0n) is 12.7. The number of ether oxygens (including phenoxy) is 1. The molecule has 22 heavy (non-hydrogen) atoms. The van der Waals surface area contributed by atoms with Crippen LogP contribution in [0.5, 0.6) is 0 Å². The third-order valence-corrected chi connectivity index (χ3v) is 3.93. The number of carboxylic acids is 1. The molecule has 0 radical (unpaired) electrons. The second-order valence-electron chi connectivity index (χ2n) is 5.47. The maximum Gasteiger partial charge on any atom is 0.309 e. The van der Waals surface area contributed by atoms with Crippen LogP contribution in [0.2, 0.25) is 0 Å². The van der Waals surface area contributed by atoms with Gasteiger partial charge in [0.15, 0.2) is 0 Å². The fourth-order valence-electron chi connectivity index (χ4n) is 2.10. The minimum absolute atomic E-state index is 0.0426. The molecule has 122 valence electrons. The molecule has 0 aliphatic carbocycles. The summed E-state index contributed by atoms with van der Waals surface area (Å²) in [5.74, 6) is -0.649. The molecule has 1 aliphatic rings. The largest absolute Gasteiger partial charge is 0.755 e. The predicted octanol–water partition coefficient (Wildman–Crippen LogP) is 2.12. The molecule has 0 aromatic heterocycles. The van der Waals surface area contributed by atoms with Crippen LogP contribution in [0.1, 0.15) is 20.3 Å². The summed E-state index contributed by atoms with van der Waals surface area (Å²) in [7, 11) is 0. The summed E-state index contributed by atoms with van der Waals surface area (Å²) >= 11 is -2.50. The second kappa shape index (κ2) is 7.42. The van der Waals surface area contributed by atoms with E-state index in [1.807, 2.05) is 0 Å².